The fraction of sp³-hybridized carbons (Fsp3) is 0.429. The highest BCUT2D eigenvalue weighted by atomic mass is 79.9. The summed E-state index contributed by atoms with van der Waals surface area (Å²) in [5.74, 6) is -0.335. The molecule has 0 unspecified atom stereocenters. The van der Waals surface area contributed by atoms with Gasteiger partial charge in [0.25, 0.3) is 0 Å². The van der Waals surface area contributed by atoms with Crippen LogP contribution in [-0.4, -0.2) is 22.6 Å². The van der Waals surface area contributed by atoms with Crippen LogP contribution in [-0.2, 0) is 4.74 Å². The van der Waals surface area contributed by atoms with Crippen LogP contribution in [0.2, 0.25) is 0 Å². The Morgan fingerprint density at radius 2 is 2.09 bits per heavy atom. The molecule has 0 bridgehead atoms. The number of hydrogen-bond donors (Lipinski definition) is 0. The molecule has 1 aromatic heterocycles. The molecule has 0 radical (unpaired) electrons. The molecule has 2 atom stereocenters. The van der Waals surface area contributed by atoms with Crippen LogP contribution < -0.4 is 4.74 Å². The van der Waals surface area contributed by atoms with Crippen LogP contribution >= 0.6 is 38.9 Å². The van der Waals surface area contributed by atoms with Gasteiger partial charge in [0.2, 0.25) is 0 Å². The number of rotatable bonds is 3. The second kappa shape index (κ2) is 6.68. The van der Waals surface area contributed by atoms with E-state index in [2.05, 4.69) is 20.9 Å². The highest BCUT2D eigenvalue weighted by Crippen LogP contribution is 2.33. The van der Waals surface area contributed by atoms with Gasteiger partial charge in [-0.15, -0.1) is 11.3 Å². The molecule has 4 nitrogen and oxygen atoms in total. The molecule has 0 spiro atoms. The Kier molecular flexibility index (Phi) is 4.84. The first kappa shape index (κ1) is 16.0. The molecule has 1 aliphatic rings. The zero-order valence-electron chi connectivity index (χ0n) is 11.4. The van der Waals surface area contributed by atoms with E-state index in [0.717, 1.165) is 17.5 Å². The van der Waals surface area contributed by atoms with Gasteiger partial charge in [0.1, 0.15) is 12.2 Å². The van der Waals surface area contributed by atoms with Crippen molar-refractivity contribution in [3.63, 3.8) is 0 Å². The van der Waals surface area contributed by atoms with E-state index in [1.165, 1.54) is 17.4 Å². The Labute approximate surface area is 143 Å². The van der Waals surface area contributed by atoms with Crippen LogP contribution in [0.15, 0.2) is 16.0 Å². The SMILES string of the molecule is O=C(Cl)O[C@@H]1CCCC[C@@H]1Oc1cc2sc(Br)nc2cc1F. The Balaban J connectivity index is 1.83. The summed E-state index contributed by atoms with van der Waals surface area (Å²) >= 11 is 9.97. The normalized spacial score (nSPS) is 21.8. The van der Waals surface area contributed by atoms with Gasteiger partial charge in [-0.2, -0.15) is 0 Å². The van der Waals surface area contributed by atoms with Gasteiger partial charge in [-0.25, -0.2) is 14.2 Å². The predicted molar refractivity (Wildman–Crippen MR) is 86.3 cm³/mol. The van der Waals surface area contributed by atoms with Gasteiger partial charge in [0.05, 0.1) is 10.2 Å². The number of carbonyl (C=O) groups excluding carboxylic acids is 1. The van der Waals surface area contributed by atoms with Crippen molar-refractivity contribution in [3.05, 3.63) is 21.9 Å². The van der Waals surface area contributed by atoms with Gasteiger partial charge in [-0.1, -0.05) is 0 Å². The predicted octanol–water partition coefficient (Wildman–Crippen LogP) is 5.26. The van der Waals surface area contributed by atoms with Gasteiger partial charge >= 0.3 is 5.43 Å². The molecule has 0 amide bonds. The van der Waals surface area contributed by atoms with Crippen LogP contribution in [0.1, 0.15) is 25.7 Å². The second-order valence-electron chi connectivity index (χ2n) is 5.05. The molecular weight excluding hydrogens is 397 g/mol. The van der Waals surface area contributed by atoms with Crippen molar-refractivity contribution in [2.45, 2.75) is 37.9 Å². The van der Waals surface area contributed by atoms with Crippen molar-refractivity contribution >= 4 is 54.5 Å². The smallest absolute Gasteiger partial charge is 0.404 e. The van der Waals surface area contributed by atoms with Crippen LogP contribution in [0.25, 0.3) is 10.2 Å². The fourth-order valence-corrected chi connectivity index (χ4v) is 4.14. The van der Waals surface area contributed by atoms with Gasteiger partial charge in [0.15, 0.2) is 15.5 Å². The molecule has 22 heavy (non-hydrogen) atoms. The molecule has 1 saturated carbocycles. The van der Waals surface area contributed by atoms with Gasteiger partial charge in [-0.05, 0) is 41.6 Å². The lowest BCUT2D eigenvalue weighted by atomic mass is 9.94. The Morgan fingerprint density at radius 1 is 1.36 bits per heavy atom. The summed E-state index contributed by atoms with van der Waals surface area (Å²) in [5.41, 5.74) is -0.281. The third-order valence-electron chi connectivity index (χ3n) is 3.58. The quantitative estimate of drug-likeness (QED) is 0.650. The maximum absolute atomic E-state index is 14.2. The van der Waals surface area contributed by atoms with Crippen LogP contribution in [0.5, 0.6) is 5.75 Å². The molecule has 0 N–H and O–H groups in total. The summed E-state index contributed by atoms with van der Waals surface area (Å²) in [6.45, 7) is 0. The molecule has 0 saturated heterocycles. The summed E-state index contributed by atoms with van der Waals surface area (Å²) in [6, 6.07) is 2.97. The van der Waals surface area contributed by atoms with E-state index in [-0.39, 0.29) is 11.9 Å². The number of fused-ring (bicyclic) bond motifs is 1. The van der Waals surface area contributed by atoms with Gasteiger partial charge in [0, 0.05) is 23.7 Å². The average Bonchev–Trinajstić information content (AvgIpc) is 2.80. The molecule has 0 aliphatic heterocycles. The monoisotopic (exact) mass is 407 g/mol. The highest BCUT2D eigenvalue weighted by Gasteiger charge is 2.30. The van der Waals surface area contributed by atoms with E-state index in [9.17, 15) is 9.18 Å². The summed E-state index contributed by atoms with van der Waals surface area (Å²) in [7, 11) is 0. The molecule has 1 fully saturated rings. The first-order valence-corrected chi connectivity index (χ1v) is 8.80. The van der Waals surface area contributed by atoms with E-state index in [1.54, 1.807) is 6.07 Å². The van der Waals surface area contributed by atoms with Crippen molar-refractivity contribution in [2.24, 2.45) is 0 Å². The maximum Gasteiger partial charge on any atom is 0.404 e. The van der Waals surface area contributed by atoms with E-state index in [4.69, 9.17) is 21.1 Å². The second-order valence-corrected chi connectivity index (χ2v) is 7.67. The molecular formula is C14H12BrClFNO3S. The lowest BCUT2D eigenvalue weighted by Crippen LogP contribution is -2.37. The standard InChI is InChI=1S/C14H12BrClFNO3S/c15-13-18-8-5-7(17)11(6-12(8)22-13)20-9-3-1-2-4-10(9)21-14(16)19/h5-6,9-10H,1-4H2/t9-,10+/m0/s1. The van der Waals surface area contributed by atoms with Gasteiger partial charge < -0.3 is 9.47 Å². The Morgan fingerprint density at radius 3 is 2.82 bits per heavy atom. The van der Waals surface area contributed by atoms with Crippen LogP contribution in [0.4, 0.5) is 9.18 Å². The number of thiazole rings is 1. The van der Waals surface area contributed by atoms with Crippen molar-refractivity contribution < 1.29 is 18.7 Å². The van der Waals surface area contributed by atoms with E-state index in [1.807, 2.05) is 0 Å². The number of benzene rings is 1. The molecule has 1 aromatic carbocycles. The van der Waals surface area contributed by atoms with Crippen molar-refractivity contribution in [2.75, 3.05) is 0 Å². The first-order chi connectivity index (χ1) is 10.5. The number of aromatic nitrogens is 1. The Bertz CT molecular complexity index is 711. The Hall–Kier alpha value is -0.920. The third-order valence-corrected chi connectivity index (χ3v) is 5.14. The lowest BCUT2D eigenvalue weighted by molar-refractivity contribution is -0.000239. The summed E-state index contributed by atoms with van der Waals surface area (Å²) < 4.78 is 26.5. The topological polar surface area (TPSA) is 48.4 Å². The molecule has 2 aromatic rings. The first-order valence-electron chi connectivity index (χ1n) is 6.81. The molecule has 1 aliphatic carbocycles. The average molecular weight is 409 g/mol. The lowest BCUT2D eigenvalue weighted by Gasteiger charge is -2.30. The largest absolute Gasteiger partial charge is 0.483 e. The zero-order valence-corrected chi connectivity index (χ0v) is 14.5. The van der Waals surface area contributed by atoms with E-state index in [0.29, 0.717) is 22.3 Å². The van der Waals surface area contributed by atoms with E-state index < -0.39 is 17.3 Å². The van der Waals surface area contributed by atoms with Crippen LogP contribution in [0, 0.1) is 5.82 Å². The molecule has 8 heteroatoms. The third kappa shape index (κ3) is 3.52. The fourth-order valence-electron chi connectivity index (χ4n) is 2.61. The van der Waals surface area contributed by atoms with Crippen molar-refractivity contribution in [1.29, 1.82) is 0 Å². The van der Waals surface area contributed by atoms with E-state index >= 15 is 0 Å². The zero-order chi connectivity index (χ0) is 15.7. The minimum atomic E-state index is -0.859. The summed E-state index contributed by atoms with van der Waals surface area (Å²) in [5, 5.41) is 0. The number of carbonyl (C=O) groups is 1. The summed E-state index contributed by atoms with van der Waals surface area (Å²) in [4.78, 5) is 15.1. The number of halogens is 3. The number of hydrogen-bond acceptors (Lipinski definition) is 5. The highest BCUT2D eigenvalue weighted by molar-refractivity contribution is 9.11. The molecule has 3 rings (SSSR count). The minimum absolute atomic E-state index is 0.145. The van der Waals surface area contributed by atoms with Crippen LogP contribution in [0.3, 0.4) is 0 Å². The summed E-state index contributed by atoms with van der Waals surface area (Å²) in [6.07, 6.45) is 2.40. The molecule has 118 valence electrons. The number of nitrogens with zero attached hydrogens (tertiary/aromatic N) is 1. The van der Waals surface area contributed by atoms with Crippen molar-refractivity contribution in [1.82, 2.24) is 4.98 Å². The minimum Gasteiger partial charge on any atom is -0.483 e. The van der Waals surface area contributed by atoms with Crippen molar-refractivity contribution in [3.8, 4) is 5.75 Å². The van der Waals surface area contributed by atoms with Gasteiger partial charge in [-0.3, -0.25) is 0 Å². The maximum atomic E-state index is 14.2. The number of ether oxygens (including phenoxy) is 2. The molecule has 1 heterocycles.